The second kappa shape index (κ2) is 5.38. The minimum absolute atomic E-state index is 0.248. The Morgan fingerprint density at radius 2 is 1.95 bits per heavy atom. The van der Waals surface area contributed by atoms with Gasteiger partial charge in [-0.2, -0.15) is 0 Å². The summed E-state index contributed by atoms with van der Waals surface area (Å²) in [5.74, 6) is 1.89. The zero-order valence-corrected chi connectivity index (χ0v) is 11.5. The molecule has 0 saturated heterocycles. The van der Waals surface area contributed by atoms with Gasteiger partial charge in [-0.25, -0.2) is 9.50 Å². The van der Waals surface area contributed by atoms with Gasteiger partial charge in [-0.3, -0.25) is 0 Å². The van der Waals surface area contributed by atoms with E-state index in [0.29, 0.717) is 28.0 Å². The molecule has 3 rings (SSSR count). The van der Waals surface area contributed by atoms with Gasteiger partial charge in [-0.15, -0.1) is 5.10 Å². The van der Waals surface area contributed by atoms with Crippen molar-refractivity contribution in [2.45, 2.75) is 6.61 Å². The highest BCUT2D eigenvalue weighted by atomic mass is 35.5. The molecule has 2 aromatic heterocycles. The van der Waals surface area contributed by atoms with Gasteiger partial charge in [0, 0.05) is 6.20 Å². The van der Waals surface area contributed by atoms with Crippen LogP contribution in [0.15, 0.2) is 42.6 Å². The molecule has 102 valence electrons. The third-order valence-electron chi connectivity index (χ3n) is 2.78. The van der Waals surface area contributed by atoms with E-state index in [1.165, 1.54) is 0 Å². The highest BCUT2D eigenvalue weighted by Crippen LogP contribution is 2.26. The van der Waals surface area contributed by atoms with E-state index in [4.69, 9.17) is 21.1 Å². The van der Waals surface area contributed by atoms with Crippen molar-refractivity contribution in [3.05, 3.63) is 53.4 Å². The predicted molar refractivity (Wildman–Crippen MR) is 75.3 cm³/mol. The molecule has 3 aromatic rings. The minimum Gasteiger partial charge on any atom is -0.493 e. The molecule has 0 fully saturated rings. The normalized spacial score (nSPS) is 10.7. The van der Waals surface area contributed by atoms with E-state index in [-0.39, 0.29) is 6.61 Å². The average molecular weight is 290 g/mol. The summed E-state index contributed by atoms with van der Waals surface area (Å²) < 4.78 is 12.5. The number of hydrogen-bond donors (Lipinski definition) is 0. The summed E-state index contributed by atoms with van der Waals surface area (Å²) in [5.41, 5.74) is 0.618. The van der Waals surface area contributed by atoms with Crippen molar-refractivity contribution in [1.29, 1.82) is 0 Å². The molecule has 0 atom stereocenters. The van der Waals surface area contributed by atoms with Gasteiger partial charge in [0.15, 0.2) is 23.0 Å². The molecule has 0 saturated carbocycles. The molecule has 0 spiro atoms. The van der Waals surface area contributed by atoms with E-state index in [2.05, 4.69) is 10.1 Å². The Labute approximate surface area is 120 Å². The summed E-state index contributed by atoms with van der Waals surface area (Å²) in [7, 11) is 1.60. The van der Waals surface area contributed by atoms with Crippen LogP contribution in [-0.4, -0.2) is 21.7 Å². The van der Waals surface area contributed by atoms with Gasteiger partial charge in [-0.05, 0) is 24.3 Å². The van der Waals surface area contributed by atoms with Gasteiger partial charge in [-0.1, -0.05) is 23.7 Å². The quantitative estimate of drug-likeness (QED) is 0.741. The Balaban J connectivity index is 1.82. The molecule has 0 aliphatic carbocycles. The fourth-order valence-electron chi connectivity index (χ4n) is 1.86. The lowest BCUT2D eigenvalue weighted by Crippen LogP contribution is -1.99. The molecule has 5 nitrogen and oxygen atoms in total. The first-order valence-corrected chi connectivity index (χ1v) is 6.41. The third-order valence-corrected chi connectivity index (χ3v) is 3.08. The number of para-hydroxylation sites is 2. The van der Waals surface area contributed by atoms with Gasteiger partial charge in [0.2, 0.25) is 0 Å². The van der Waals surface area contributed by atoms with Crippen molar-refractivity contribution >= 4 is 17.2 Å². The minimum atomic E-state index is 0.248. The second-order valence-electron chi connectivity index (χ2n) is 4.09. The smallest absolute Gasteiger partial charge is 0.189 e. The Bertz CT molecular complexity index is 742. The van der Waals surface area contributed by atoms with E-state index in [1.54, 1.807) is 23.9 Å². The van der Waals surface area contributed by atoms with Crippen molar-refractivity contribution < 1.29 is 9.47 Å². The lowest BCUT2D eigenvalue weighted by atomic mass is 10.3. The Kier molecular flexibility index (Phi) is 3.43. The molecule has 1 aromatic carbocycles. The lowest BCUT2D eigenvalue weighted by molar-refractivity contribution is 0.276. The highest BCUT2D eigenvalue weighted by Gasteiger charge is 2.08. The van der Waals surface area contributed by atoms with Crippen LogP contribution in [0.25, 0.3) is 5.65 Å². The molecule has 0 bridgehead atoms. The fourth-order valence-corrected chi connectivity index (χ4v) is 2.06. The maximum absolute atomic E-state index is 6.05. The number of pyridine rings is 1. The van der Waals surface area contributed by atoms with Gasteiger partial charge in [0.1, 0.15) is 6.61 Å². The van der Waals surface area contributed by atoms with Gasteiger partial charge in [0.25, 0.3) is 0 Å². The summed E-state index contributed by atoms with van der Waals surface area (Å²) in [6.45, 7) is 0.248. The molecule has 0 aliphatic heterocycles. The fraction of sp³-hybridized carbons (Fsp3) is 0.143. The molecule has 20 heavy (non-hydrogen) atoms. The van der Waals surface area contributed by atoms with Crippen molar-refractivity contribution in [3.63, 3.8) is 0 Å². The molecule has 0 N–H and O–H groups in total. The van der Waals surface area contributed by atoms with Crippen LogP contribution in [0.2, 0.25) is 5.02 Å². The number of fused-ring (bicyclic) bond motifs is 1. The zero-order valence-electron chi connectivity index (χ0n) is 10.8. The zero-order chi connectivity index (χ0) is 13.9. The topological polar surface area (TPSA) is 48.7 Å². The number of methoxy groups -OCH3 is 1. The first-order valence-electron chi connectivity index (χ1n) is 6.03. The summed E-state index contributed by atoms with van der Waals surface area (Å²) >= 11 is 6.05. The SMILES string of the molecule is COc1ccccc1OCc1nc2c(Cl)cccn2n1. The molecule has 2 heterocycles. The van der Waals surface area contributed by atoms with Crippen molar-refractivity contribution in [2.75, 3.05) is 7.11 Å². The number of aromatic nitrogens is 3. The van der Waals surface area contributed by atoms with E-state index in [1.807, 2.05) is 30.3 Å². The number of halogens is 1. The monoisotopic (exact) mass is 289 g/mol. The summed E-state index contributed by atoms with van der Waals surface area (Å²) in [6, 6.07) is 11.0. The Hall–Kier alpha value is -2.27. The predicted octanol–water partition coefficient (Wildman–Crippen LogP) is 2.97. The first kappa shape index (κ1) is 12.7. The van der Waals surface area contributed by atoms with Crippen molar-refractivity contribution in [3.8, 4) is 11.5 Å². The van der Waals surface area contributed by atoms with E-state index in [0.717, 1.165) is 0 Å². The molecular weight excluding hydrogens is 278 g/mol. The van der Waals surface area contributed by atoms with Gasteiger partial charge >= 0.3 is 0 Å². The van der Waals surface area contributed by atoms with Crippen LogP contribution >= 0.6 is 11.6 Å². The van der Waals surface area contributed by atoms with Crippen LogP contribution < -0.4 is 9.47 Å². The van der Waals surface area contributed by atoms with Crippen LogP contribution in [0.5, 0.6) is 11.5 Å². The molecule has 6 heteroatoms. The maximum Gasteiger partial charge on any atom is 0.189 e. The third kappa shape index (κ3) is 2.40. The molecule has 0 unspecified atom stereocenters. The summed E-state index contributed by atoms with van der Waals surface area (Å²) in [5, 5.41) is 4.86. The van der Waals surface area contributed by atoms with Crippen LogP contribution in [0.3, 0.4) is 0 Å². The lowest BCUT2D eigenvalue weighted by Gasteiger charge is -2.08. The number of rotatable bonds is 4. The maximum atomic E-state index is 6.05. The van der Waals surface area contributed by atoms with Crippen LogP contribution in [0.4, 0.5) is 0 Å². The number of benzene rings is 1. The summed E-state index contributed by atoms with van der Waals surface area (Å²) in [4.78, 5) is 4.34. The molecular formula is C14H12ClN3O2. The Morgan fingerprint density at radius 3 is 2.70 bits per heavy atom. The number of nitrogens with zero attached hydrogens (tertiary/aromatic N) is 3. The highest BCUT2D eigenvalue weighted by molar-refractivity contribution is 6.33. The van der Waals surface area contributed by atoms with Crippen LogP contribution in [-0.2, 0) is 6.61 Å². The Morgan fingerprint density at radius 1 is 1.15 bits per heavy atom. The van der Waals surface area contributed by atoms with Crippen molar-refractivity contribution in [1.82, 2.24) is 14.6 Å². The van der Waals surface area contributed by atoms with Crippen molar-refractivity contribution in [2.24, 2.45) is 0 Å². The van der Waals surface area contributed by atoms with Gasteiger partial charge < -0.3 is 9.47 Å². The van der Waals surface area contributed by atoms with Crippen LogP contribution in [0, 0.1) is 0 Å². The second-order valence-corrected chi connectivity index (χ2v) is 4.50. The van der Waals surface area contributed by atoms with E-state index < -0.39 is 0 Å². The number of ether oxygens (including phenoxy) is 2. The largest absolute Gasteiger partial charge is 0.493 e. The van der Waals surface area contributed by atoms with Crippen LogP contribution in [0.1, 0.15) is 5.82 Å². The molecule has 0 amide bonds. The van der Waals surface area contributed by atoms with E-state index in [9.17, 15) is 0 Å². The molecule has 0 radical (unpaired) electrons. The van der Waals surface area contributed by atoms with E-state index >= 15 is 0 Å². The van der Waals surface area contributed by atoms with Gasteiger partial charge in [0.05, 0.1) is 12.1 Å². The number of hydrogen-bond acceptors (Lipinski definition) is 4. The molecule has 0 aliphatic rings. The average Bonchev–Trinajstić information content (AvgIpc) is 2.90. The first-order chi connectivity index (χ1) is 9.78. The summed E-state index contributed by atoms with van der Waals surface area (Å²) in [6.07, 6.45) is 1.79. The standard InChI is InChI=1S/C14H12ClN3O2/c1-19-11-6-2-3-7-12(11)20-9-13-16-14-10(15)5-4-8-18(14)17-13/h2-8H,9H2,1H3.